The van der Waals surface area contributed by atoms with Gasteiger partial charge < -0.3 is 5.11 Å². The zero-order valence-electron chi connectivity index (χ0n) is 9.64. The van der Waals surface area contributed by atoms with Crippen LogP contribution in [0.3, 0.4) is 0 Å². The third-order valence-electron chi connectivity index (χ3n) is 3.69. The summed E-state index contributed by atoms with van der Waals surface area (Å²) in [7, 11) is 0. The molecule has 18 heavy (non-hydrogen) atoms. The number of hydrogen-bond acceptors (Lipinski definition) is 4. The number of rotatable bonds is 2. The van der Waals surface area contributed by atoms with Crippen molar-refractivity contribution in [2.45, 2.75) is 31.6 Å². The van der Waals surface area contributed by atoms with Crippen LogP contribution in [-0.2, 0) is 4.79 Å². The van der Waals surface area contributed by atoms with Crippen molar-refractivity contribution >= 4 is 29.0 Å². The lowest BCUT2D eigenvalue weighted by atomic mass is 9.85. The molecule has 0 amide bonds. The van der Waals surface area contributed by atoms with Gasteiger partial charge in [0.15, 0.2) is 0 Å². The molecule has 94 valence electrons. The van der Waals surface area contributed by atoms with Gasteiger partial charge in [-0.1, -0.05) is 12.8 Å². The number of carboxylic acid groups (broad SMARTS) is 1. The smallest absolute Gasteiger partial charge is 0.350 e. The number of aromatic nitrogens is 2. The van der Waals surface area contributed by atoms with Gasteiger partial charge in [-0.05, 0) is 30.4 Å². The zero-order valence-corrected chi connectivity index (χ0v) is 10.4. The lowest BCUT2D eigenvalue weighted by molar-refractivity contribution is -0.129. The Kier molecular flexibility index (Phi) is 2.78. The van der Waals surface area contributed by atoms with Gasteiger partial charge in [-0.3, -0.25) is 0 Å². The summed E-state index contributed by atoms with van der Waals surface area (Å²) >= 11 is 5.80. The van der Waals surface area contributed by atoms with E-state index in [1.54, 1.807) is 0 Å². The second-order valence-corrected chi connectivity index (χ2v) is 5.07. The second kappa shape index (κ2) is 4.31. The molecular formula is C12H12ClN3O2. The number of aliphatic carboxylic acids is 1. The average molecular weight is 266 g/mol. The maximum atomic E-state index is 11.3. The van der Waals surface area contributed by atoms with Crippen LogP contribution in [0.5, 0.6) is 0 Å². The summed E-state index contributed by atoms with van der Waals surface area (Å²) in [5.74, 6) is -0.881. The van der Waals surface area contributed by atoms with Crippen LogP contribution in [0.25, 0.3) is 0 Å². The minimum Gasteiger partial charge on any atom is -0.477 e. The van der Waals surface area contributed by atoms with Gasteiger partial charge in [0.05, 0.1) is 17.8 Å². The van der Waals surface area contributed by atoms with Gasteiger partial charge in [-0.15, -0.1) is 0 Å². The van der Waals surface area contributed by atoms with Gasteiger partial charge in [-0.25, -0.2) is 19.8 Å². The molecule has 0 bridgehead atoms. The number of nitrogens with zero attached hydrogens (tertiary/aromatic N) is 3. The maximum Gasteiger partial charge on any atom is 0.350 e. The first-order valence-corrected chi connectivity index (χ1v) is 6.39. The monoisotopic (exact) mass is 265 g/mol. The predicted octanol–water partition coefficient (Wildman–Crippen LogP) is 2.57. The minimum atomic E-state index is -0.971. The Hall–Kier alpha value is -1.49. The molecule has 0 spiro atoms. The molecule has 1 aromatic rings. The van der Waals surface area contributed by atoms with Gasteiger partial charge in [0.1, 0.15) is 11.4 Å². The summed E-state index contributed by atoms with van der Waals surface area (Å²) in [4.78, 5) is 23.5. The van der Waals surface area contributed by atoms with Crippen LogP contribution in [0.2, 0.25) is 5.28 Å². The number of aliphatic imine (C=N–C) groups is 1. The van der Waals surface area contributed by atoms with E-state index in [1.165, 1.54) is 6.20 Å². The number of halogens is 1. The standard InChI is InChI=1S/C12H12ClN3O2/c13-12-14-5-7-9(16-12)8(6-3-1-2-4-6)10(15-7)11(17)18/h5-6,8H,1-4H2,(H,17,18). The fourth-order valence-corrected chi connectivity index (χ4v) is 3.07. The van der Waals surface area contributed by atoms with Gasteiger partial charge in [0, 0.05) is 0 Å². The molecule has 1 atom stereocenters. The highest BCUT2D eigenvalue weighted by Gasteiger charge is 2.40. The van der Waals surface area contributed by atoms with Crippen molar-refractivity contribution < 1.29 is 9.90 Å². The second-order valence-electron chi connectivity index (χ2n) is 4.73. The molecule has 1 N–H and O–H groups in total. The molecule has 3 rings (SSSR count). The Balaban J connectivity index is 2.06. The van der Waals surface area contributed by atoms with Crippen LogP contribution in [-0.4, -0.2) is 26.8 Å². The van der Waals surface area contributed by atoms with E-state index < -0.39 is 5.97 Å². The number of fused-ring (bicyclic) bond motifs is 1. The predicted molar refractivity (Wildman–Crippen MR) is 66.5 cm³/mol. The third kappa shape index (κ3) is 1.79. The summed E-state index contributed by atoms with van der Waals surface area (Å²) < 4.78 is 0. The van der Waals surface area contributed by atoms with E-state index in [1.807, 2.05) is 0 Å². The molecule has 2 aliphatic rings. The fraction of sp³-hybridized carbons (Fsp3) is 0.500. The number of hydrogen-bond donors (Lipinski definition) is 1. The first-order valence-electron chi connectivity index (χ1n) is 6.01. The van der Waals surface area contributed by atoms with Crippen molar-refractivity contribution in [1.29, 1.82) is 0 Å². The van der Waals surface area contributed by atoms with E-state index in [4.69, 9.17) is 11.6 Å². The van der Waals surface area contributed by atoms with E-state index in [-0.39, 0.29) is 16.9 Å². The van der Waals surface area contributed by atoms with Crippen molar-refractivity contribution in [2.24, 2.45) is 10.9 Å². The molecule has 1 aliphatic heterocycles. The Morgan fingerprint density at radius 2 is 2.11 bits per heavy atom. The van der Waals surface area contributed by atoms with Crippen LogP contribution in [0.4, 0.5) is 5.69 Å². The first kappa shape index (κ1) is 11.6. The molecule has 6 heteroatoms. The average Bonchev–Trinajstić information content (AvgIpc) is 2.93. The van der Waals surface area contributed by atoms with Crippen molar-refractivity contribution in [1.82, 2.24) is 9.97 Å². The summed E-state index contributed by atoms with van der Waals surface area (Å²) in [5.41, 5.74) is 1.42. The van der Waals surface area contributed by atoms with E-state index in [9.17, 15) is 9.90 Å². The van der Waals surface area contributed by atoms with Gasteiger partial charge >= 0.3 is 5.97 Å². The van der Waals surface area contributed by atoms with Crippen LogP contribution >= 0.6 is 11.6 Å². The van der Waals surface area contributed by atoms with E-state index in [0.717, 1.165) is 25.7 Å². The molecule has 1 fully saturated rings. The fourth-order valence-electron chi connectivity index (χ4n) is 2.93. The van der Waals surface area contributed by atoms with Crippen molar-refractivity contribution in [2.75, 3.05) is 0 Å². The molecule has 1 saturated carbocycles. The quantitative estimate of drug-likeness (QED) is 0.834. The Morgan fingerprint density at radius 1 is 1.39 bits per heavy atom. The first-order chi connectivity index (χ1) is 8.66. The third-order valence-corrected chi connectivity index (χ3v) is 3.87. The highest BCUT2D eigenvalue weighted by atomic mass is 35.5. The van der Waals surface area contributed by atoms with Crippen LogP contribution in [0, 0.1) is 5.92 Å². The molecule has 2 heterocycles. The molecule has 5 nitrogen and oxygen atoms in total. The Labute approximate surface area is 109 Å². The molecular weight excluding hydrogens is 254 g/mol. The van der Waals surface area contributed by atoms with Gasteiger partial charge in [-0.2, -0.15) is 0 Å². The van der Waals surface area contributed by atoms with Crippen molar-refractivity contribution in [3.05, 3.63) is 17.2 Å². The minimum absolute atomic E-state index is 0.151. The Bertz CT molecular complexity index is 538. The zero-order chi connectivity index (χ0) is 12.7. The lowest BCUT2D eigenvalue weighted by Crippen LogP contribution is -2.24. The highest BCUT2D eigenvalue weighted by Crippen LogP contribution is 2.44. The normalized spacial score (nSPS) is 22.9. The molecule has 0 aromatic carbocycles. The highest BCUT2D eigenvalue weighted by molar-refractivity contribution is 6.39. The van der Waals surface area contributed by atoms with E-state index in [2.05, 4.69) is 15.0 Å². The molecule has 0 saturated heterocycles. The van der Waals surface area contributed by atoms with Crippen LogP contribution in [0.15, 0.2) is 11.2 Å². The molecule has 1 unspecified atom stereocenters. The summed E-state index contributed by atoms with van der Waals surface area (Å²) in [6.07, 6.45) is 5.84. The maximum absolute atomic E-state index is 11.3. The van der Waals surface area contributed by atoms with Crippen molar-refractivity contribution in [3.63, 3.8) is 0 Å². The molecule has 1 aromatic heterocycles. The number of carboxylic acids is 1. The summed E-state index contributed by atoms with van der Waals surface area (Å²) in [5, 5.41) is 9.42. The van der Waals surface area contributed by atoms with E-state index >= 15 is 0 Å². The SMILES string of the molecule is O=C(O)C1=Nc2cnc(Cl)nc2C1C1CCCC1. The van der Waals surface area contributed by atoms with Crippen LogP contribution in [0.1, 0.15) is 37.3 Å². The topological polar surface area (TPSA) is 75.4 Å². The van der Waals surface area contributed by atoms with E-state index in [0.29, 0.717) is 17.3 Å². The summed E-state index contributed by atoms with van der Waals surface area (Å²) in [6, 6.07) is 0. The van der Waals surface area contributed by atoms with Gasteiger partial charge in [0.25, 0.3) is 0 Å². The largest absolute Gasteiger partial charge is 0.477 e. The summed E-state index contributed by atoms with van der Waals surface area (Å²) in [6.45, 7) is 0. The Morgan fingerprint density at radius 3 is 2.78 bits per heavy atom. The van der Waals surface area contributed by atoms with Gasteiger partial charge in [0.2, 0.25) is 5.28 Å². The molecule has 1 aliphatic carbocycles. The van der Waals surface area contributed by atoms with Crippen LogP contribution < -0.4 is 0 Å². The van der Waals surface area contributed by atoms with Crippen molar-refractivity contribution in [3.8, 4) is 0 Å². The molecule has 0 radical (unpaired) electrons. The lowest BCUT2D eigenvalue weighted by Gasteiger charge is -2.18. The number of carbonyl (C=O) groups is 1.